The molecule has 0 aliphatic carbocycles. The Labute approximate surface area is 105 Å². The highest BCUT2D eigenvalue weighted by molar-refractivity contribution is 5.78. The summed E-state index contributed by atoms with van der Waals surface area (Å²) in [4.78, 5) is 21.5. The van der Waals surface area contributed by atoms with E-state index in [4.69, 9.17) is 0 Å². The van der Waals surface area contributed by atoms with Gasteiger partial charge in [0.15, 0.2) is 0 Å². The molecule has 0 spiro atoms. The zero-order valence-electron chi connectivity index (χ0n) is 10.1. The Morgan fingerprint density at radius 3 is 2.61 bits per heavy atom. The number of hydrogen-bond donors (Lipinski definition) is 1. The Morgan fingerprint density at radius 1 is 1.39 bits per heavy atom. The molecule has 0 unspecified atom stereocenters. The van der Waals surface area contributed by atoms with Crippen molar-refractivity contribution >= 4 is 11.6 Å². The summed E-state index contributed by atoms with van der Waals surface area (Å²) in [5.41, 5.74) is 0.775. The molecule has 0 aliphatic heterocycles. The first-order valence-electron chi connectivity index (χ1n) is 5.53. The third-order valence-corrected chi connectivity index (χ3v) is 2.26. The van der Waals surface area contributed by atoms with Crippen molar-refractivity contribution in [2.24, 2.45) is 0 Å². The SMILES string of the molecule is CC#CCCNC(=O)Cc1ccc([N+](=O)[O-])cc1. The van der Waals surface area contributed by atoms with Crippen molar-refractivity contribution < 1.29 is 9.72 Å². The van der Waals surface area contributed by atoms with Crippen LogP contribution in [-0.2, 0) is 11.2 Å². The van der Waals surface area contributed by atoms with Crippen LogP contribution < -0.4 is 5.32 Å². The molecule has 0 heterocycles. The van der Waals surface area contributed by atoms with Crippen molar-refractivity contribution in [3.05, 3.63) is 39.9 Å². The number of non-ortho nitro benzene ring substituents is 1. The van der Waals surface area contributed by atoms with E-state index in [9.17, 15) is 14.9 Å². The second-order valence-corrected chi connectivity index (χ2v) is 3.63. The van der Waals surface area contributed by atoms with Crippen LogP contribution in [0.3, 0.4) is 0 Å². The standard InChI is InChI=1S/C13H14N2O3/c1-2-3-4-9-14-13(16)10-11-5-7-12(8-6-11)15(17)18/h5-8H,4,9-10H2,1H3,(H,14,16). The molecule has 94 valence electrons. The van der Waals surface area contributed by atoms with Crippen LogP contribution in [0.4, 0.5) is 5.69 Å². The number of nitro groups is 1. The molecular weight excluding hydrogens is 232 g/mol. The number of nitro benzene ring substituents is 1. The van der Waals surface area contributed by atoms with Crippen molar-refractivity contribution in [1.82, 2.24) is 5.32 Å². The number of benzene rings is 1. The van der Waals surface area contributed by atoms with Gasteiger partial charge in [0.05, 0.1) is 11.3 Å². The van der Waals surface area contributed by atoms with Crippen LogP contribution in [0.25, 0.3) is 0 Å². The first-order valence-corrected chi connectivity index (χ1v) is 5.53. The minimum Gasteiger partial charge on any atom is -0.355 e. The van der Waals surface area contributed by atoms with Crippen molar-refractivity contribution in [3.63, 3.8) is 0 Å². The van der Waals surface area contributed by atoms with Crippen molar-refractivity contribution in [3.8, 4) is 11.8 Å². The molecule has 0 saturated carbocycles. The first kappa shape index (κ1) is 13.7. The minimum atomic E-state index is -0.465. The number of amides is 1. The van der Waals surface area contributed by atoms with Gasteiger partial charge in [-0.3, -0.25) is 14.9 Å². The molecule has 1 N–H and O–H groups in total. The van der Waals surface area contributed by atoms with E-state index >= 15 is 0 Å². The van der Waals surface area contributed by atoms with Crippen LogP contribution in [0, 0.1) is 22.0 Å². The van der Waals surface area contributed by atoms with E-state index in [1.807, 2.05) is 0 Å². The summed E-state index contributed by atoms with van der Waals surface area (Å²) in [6.45, 7) is 2.27. The molecule has 0 fully saturated rings. The molecule has 0 aliphatic rings. The summed E-state index contributed by atoms with van der Waals surface area (Å²) < 4.78 is 0. The molecule has 0 atom stereocenters. The van der Waals surface area contributed by atoms with Crippen molar-refractivity contribution in [2.75, 3.05) is 6.54 Å². The molecule has 0 radical (unpaired) electrons. The lowest BCUT2D eigenvalue weighted by atomic mass is 10.1. The highest BCUT2D eigenvalue weighted by Crippen LogP contribution is 2.12. The quantitative estimate of drug-likeness (QED) is 0.372. The topological polar surface area (TPSA) is 72.2 Å². The second-order valence-electron chi connectivity index (χ2n) is 3.63. The molecule has 18 heavy (non-hydrogen) atoms. The van der Waals surface area contributed by atoms with Gasteiger partial charge < -0.3 is 5.32 Å². The maximum atomic E-state index is 11.5. The fourth-order valence-electron chi connectivity index (χ4n) is 1.37. The summed E-state index contributed by atoms with van der Waals surface area (Å²) in [6.07, 6.45) is 0.847. The average molecular weight is 246 g/mol. The van der Waals surface area contributed by atoms with E-state index in [2.05, 4.69) is 17.2 Å². The average Bonchev–Trinajstić information content (AvgIpc) is 2.35. The lowest BCUT2D eigenvalue weighted by Crippen LogP contribution is -2.25. The monoisotopic (exact) mass is 246 g/mol. The molecular formula is C13H14N2O3. The molecule has 5 heteroatoms. The zero-order valence-corrected chi connectivity index (χ0v) is 10.1. The van der Waals surface area contributed by atoms with E-state index in [1.165, 1.54) is 12.1 Å². The van der Waals surface area contributed by atoms with Gasteiger partial charge in [-0.05, 0) is 12.5 Å². The predicted molar refractivity (Wildman–Crippen MR) is 67.9 cm³/mol. The smallest absolute Gasteiger partial charge is 0.269 e. The summed E-state index contributed by atoms with van der Waals surface area (Å²) in [5, 5.41) is 13.2. The van der Waals surface area contributed by atoms with E-state index in [0.717, 1.165) is 5.56 Å². The van der Waals surface area contributed by atoms with Crippen LogP contribution in [0.2, 0.25) is 0 Å². The Hall–Kier alpha value is -2.35. The number of carbonyl (C=O) groups excluding carboxylic acids is 1. The Kier molecular flexibility index (Phi) is 5.39. The Bertz CT molecular complexity index is 483. The molecule has 0 saturated heterocycles. The Morgan fingerprint density at radius 2 is 2.06 bits per heavy atom. The summed E-state index contributed by atoms with van der Waals surface area (Å²) >= 11 is 0. The van der Waals surface area contributed by atoms with E-state index in [1.54, 1.807) is 19.1 Å². The van der Waals surface area contributed by atoms with Crippen LogP contribution in [0.15, 0.2) is 24.3 Å². The summed E-state index contributed by atoms with van der Waals surface area (Å²) in [6, 6.07) is 5.96. The summed E-state index contributed by atoms with van der Waals surface area (Å²) in [7, 11) is 0. The molecule has 1 aromatic carbocycles. The number of nitrogens with one attached hydrogen (secondary N) is 1. The normalized spacial score (nSPS) is 9.17. The molecule has 0 aromatic heterocycles. The predicted octanol–water partition coefficient (Wildman–Crippen LogP) is 1.67. The molecule has 1 amide bonds. The van der Waals surface area contributed by atoms with Gasteiger partial charge in [0.2, 0.25) is 5.91 Å². The third-order valence-electron chi connectivity index (χ3n) is 2.26. The van der Waals surface area contributed by atoms with E-state index < -0.39 is 4.92 Å². The number of carbonyl (C=O) groups is 1. The van der Waals surface area contributed by atoms with E-state index in [-0.39, 0.29) is 18.0 Å². The number of rotatable bonds is 5. The largest absolute Gasteiger partial charge is 0.355 e. The molecule has 1 rings (SSSR count). The third kappa shape index (κ3) is 4.66. The number of hydrogen-bond acceptors (Lipinski definition) is 3. The van der Waals surface area contributed by atoms with Crippen molar-refractivity contribution in [1.29, 1.82) is 0 Å². The maximum Gasteiger partial charge on any atom is 0.269 e. The van der Waals surface area contributed by atoms with Gasteiger partial charge in [0, 0.05) is 25.1 Å². The molecule has 0 bridgehead atoms. The van der Waals surface area contributed by atoms with Gasteiger partial charge in [0.1, 0.15) is 0 Å². The fourth-order valence-corrected chi connectivity index (χ4v) is 1.37. The highest BCUT2D eigenvalue weighted by atomic mass is 16.6. The zero-order chi connectivity index (χ0) is 13.4. The fraction of sp³-hybridized carbons (Fsp3) is 0.308. The van der Waals surface area contributed by atoms with Crippen LogP contribution >= 0.6 is 0 Å². The van der Waals surface area contributed by atoms with Gasteiger partial charge >= 0.3 is 0 Å². The van der Waals surface area contributed by atoms with Crippen molar-refractivity contribution in [2.45, 2.75) is 19.8 Å². The molecule has 5 nitrogen and oxygen atoms in total. The lowest BCUT2D eigenvalue weighted by molar-refractivity contribution is -0.384. The van der Waals surface area contributed by atoms with Gasteiger partial charge in [-0.25, -0.2) is 0 Å². The second kappa shape index (κ2) is 7.07. The lowest BCUT2D eigenvalue weighted by Gasteiger charge is -2.03. The van der Waals surface area contributed by atoms with Crippen LogP contribution in [0.5, 0.6) is 0 Å². The van der Waals surface area contributed by atoms with Crippen LogP contribution in [0.1, 0.15) is 18.9 Å². The van der Waals surface area contributed by atoms with E-state index in [0.29, 0.717) is 13.0 Å². The van der Waals surface area contributed by atoms with Gasteiger partial charge in [-0.15, -0.1) is 11.8 Å². The minimum absolute atomic E-state index is 0.0254. The van der Waals surface area contributed by atoms with Gasteiger partial charge in [-0.2, -0.15) is 0 Å². The van der Waals surface area contributed by atoms with Gasteiger partial charge in [-0.1, -0.05) is 12.1 Å². The Balaban J connectivity index is 2.43. The highest BCUT2D eigenvalue weighted by Gasteiger charge is 2.06. The summed E-state index contributed by atoms with van der Waals surface area (Å²) in [5.74, 6) is 5.48. The van der Waals surface area contributed by atoms with Gasteiger partial charge in [0.25, 0.3) is 5.69 Å². The number of nitrogens with zero attached hydrogens (tertiary/aromatic N) is 1. The molecule has 1 aromatic rings. The first-order chi connectivity index (χ1) is 8.63. The maximum absolute atomic E-state index is 11.5. The van der Waals surface area contributed by atoms with Crippen LogP contribution in [-0.4, -0.2) is 17.4 Å².